The molecule has 0 aliphatic rings. The van der Waals surface area contributed by atoms with Crippen LogP contribution >= 0.6 is 0 Å². The molecule has 3 heterocycles. The van der Waals surface area contributed by atoms with Gasteiger partial charge in [0.2, 0.25) is 5.95 Å². The molecule has 0 radical (unpaired) electrons. The van der Waals surface area contributed by atoms with Gasteiger partial charge >= 0.3 is 0 Å². The van der Waals surface area contributed by atoms with Crippen molar-refractivity contribution in [2.75, 3.05) is 0 Å². The van der Waals surface area contributed by atoms with Crippen molar-refractivity contribution in [3.63, 3.8) is 0 Å². The summed E-state index contributed by atoms with van der Waals surface area (Å²) in [5, 5.41) is 7.30. The number of benzene rings is 8. The fourth-order valence-electron chi connectivity index (χ4n) is 7.99. The minimum atomic E-state index is -0.445. The third kappa shape index (κ3) is 4.21. The molecule has 0 aliphatic heterocycles. The molecule has 0 unspecified atom stereocenters. The van der Waals surface area contributed by atoms with Crippen LogP contribution in [0.5, 0.6) is 0 Å². The summed E-state index contributed by atoms with van der Waals surface area (Å²) in [5.41, 5.74) is 8.32. The van der Waals surface area contributed by atoms with Crippen LogP contribution in [-0.4, -0.2) is 19.1 Å². The van der Waals surface area contributed by atoms with E-state index in [0.717, 1.165) is 54.9 Å². The second-order valence-corrected chi connectivity index (χ2v) is 13.0. The molecular weight excluding hydrogens is 633 g/mol. The highest BCUT2D eigenvalue weighted by atomic mass is 15.2. The molecule has 0 amide bonds. The number of rotatable bonds is 4. The average molecular weight is 668 g/mol. The van der Waals surface area contributed by atoms with Crippen molar-refractivity contribution in [1.82, 2.24) is 19.1 Å². The third-order valence-electron chi connectivity index (χ3n) is 10.2. The van der Waals surface area contributed by atoms with Crippen molar-refractivity contribution in [2.24, 2.45) is 0 Å². The first-order valence-corrected chi connectivity index (χ1v) is 17.3. The first-order chi connectivity index (χ1) is 27.9. The van der Waals surface area contributed by atoms with Gasteiger partial charge in [-0.2, -0.15) is 0 Å². The minimum absolute atomic E-state index is 0.0415. The van der Waals surface area contributed by atoms with E-state index in [-0.39, 0.29) is 23.3 Å². The topological polar surface area (TPSA) is 35.6 Å². The van der Waals surface area contributed by atoms with Crippen LogP contribution in [0.3, 0.4) is 0 Å². The predicted molar refractivity (Wildman–Crippen MR) is 217 cm³/mol. The molecule has 3 aromatic heterocycles. The molecule has 4 heteroatoms. The molecule has 0 fully saturated rings. The first-order valence-electron chi connectivity index (χ1n) is 19.8. The second kappa shape index (κ2) is 11.2. The Bertz CT molecular complexity index is 3450. The number of fused-ring (bicyclic) bond motifs is 9. The van der Waals surface area contributed by atoms with Crippen LogP contribution in [-0.2, 0) is 0 Å². The maximum atomic E-state index is 8.82. The molecular formula is C48H30N4. The standard InChI is InChI=1S/C48H30N4/c1-3-15-31(16-4-1)46-38-23-9-12-24-42(38)49-48(50-46)52-44-26-14-10-20-35(44)40-29-32(27-28-45(40)52)39-30-41-36-21-11-13-25-43(36)51(33-17-5-2-6-18-33)47(41)37-22-8-7-19-34(37)39/h1-30H/i1D,3D,4D,15D,16D. The fraction of sp³-hybridized carbons (Fsp3) is 0. The van der Waals surface area contributed by atoms with Crippen LogP contribution < -0.4 is 0 Å². The van der Waals surface area contributed by atoms with Gasteiger partial charge < -0.3 is 4.57 Å². The predicted octanol–water partition coefficient (Wildman–Crippen LogP) is 12.3. The first kappa shape index (κ1) is 24.2. The maximum Gasteiger partial charge on any atom is 0.235 e. The summed E-state index contributed by atoms with van der Waals surface area (Å²) in [6, 6.07) is 50.3. The fourth-order valence-corrected chi connectivity index (χ4v) is 7.99. The van der Waals surface area contributed by atoms with Crippen molar-refractivity contribution in [3.8, 4) is 34.0 Å². The zero-order valence-electron chi connectivity index (χ0n) is 32.7. The van der Waals surface area contributed by atoms with E-state index in [2.05, 4.69) is 108 Å². The van der Waals surface area contributed by atoms with Crippen LogP contribution in [0.4, 0.5) is 0 Å². The molecule has 242 valence electrons. The lowest BCUT2D eigenvalue weighted by molar-refractivity contribution is 1.01. The number of aromatic nitrogens is 4. The molecule has 52 heavy (non-hydrogen) atoms. The minimum Gasteiger partial charge on any atom is -0.309 e. The highest BCUT2D eigenvalue weighted by molar-refractivity contribution is 6.22. The van der Waals surface area contributed by atoms with E-state index in [1.807, 2.05) is 53.1 Å². The maximum absolute atomic E-state index is 8.82. The average Bonchev–Trinajstić information content (AvgIpc) is 3.78. The van der Waals surface area contributed by atoms with Gasteiger partial charge in [0, 0.05) is 43.6 Å². The van der Waals surface area contributed by atoms with Crippen LogP contribution in [0.25, 0.3) is 99.3 Å². The largest absolute Gasteiger partial charge is 0.309 e. The van der Waals surface area contributed by atoms with Gasteiger partial charge in [-0.05, 0) is 65.0 Å². The van der Waals surface area contributed by atoms with E-state index in [0.29, 0.717) is 16.9 Å². The quantitative estimate of drug-likeness (QED) is 0.187. The van der Waals surface area contributed by atoms with E-state index >= 15 is 0 Å². The summed E-state index contributed by atoms with van der Waals surface area (Å²) >= 11 is 0. The molecule has 0 atom stereocenters. The highest BCUT2D eigenvalue weighted by Crippen LogP contribution is 2.43. The van der Waals surface area contributed by atoms with Gasteiger partial charge in [-0.25, -0.2) is 9.97 Å². The van der Waals surface area contributed by atoms with Gasteiger partial charge in [0.1, 0.15) is 0 Å². The van der Waals surface area contributed by atoms with Gasteiger partial charge in [0.15, 0.2) is 0 Å². The van der Waals surface area contributed by atoms with Gasteiger partial charge in [-0.1, -0.05) is 133 Å². The van der Waals surface area contributed by atoms with E-state index in [1.165, 1.54) is 16.3 Å². The number of hydrogen-bond donors (Lipinski definition) is 0. The summed E-state index contributed by atoms with van der Waals surface area (Å²) in [7, 11) is 0. The van der Waals surface area contributed by atoms with Gasteiger partial charge in [0.05, 0.1) is 40.1 Å². The second-order valence-electron chi connectivity index (χ2n) is 13.0. The summed E-state index contributed by atoms with van der Waals surface area (Å²) in [6.07, 6.45) is 0. The molecule has 11 rings (SSSR count). The summed E-state index contributed by atoms with van der Waals surface area (Å²) in [6.45, 7) is 0. The Morgan fingerprint density at radius 1 is 0.423 bits per heavy atom. The van der Waals surface area contributed by atoms with Gasteiger partial charge in [0.25, 0.3) is 0 Å². The SMILES string of the molecule is [2H]c1c([2H])c([2H])c(-c2nc(-n3c4ccccc4c4cc(-c5cc6c7ccccc7n(-c7ccccc7)c6c6ccccc56)ccc43)nc3ccccc23)c([2H])c1[2H]. The Labute approximate surface area is 306 Å². The van der Waals surface area contributed by atoms with Crippen LogP contribution in [0.1, 0.15) is 6.85 Å². The van der Waals surface area contributed by atoms with Crippen molar-refractivity contribution in [3.05, 3.63) is 182 Å². The molecule has 11 aromatic rings. The molecule has 8 aromatic carbocycles. The van der Waals surface area contributed by atoms with E-state index in [1.54, 1.807) is 0 Å². The van der Waals surface area contributed by atoms with Gasteiger partial charge in [-0.15, -0.1) is 0 Å². The van der Waals surface area contributed by atoms with Crippen LogP contribution in [0.15, 0.2) is 182 Å². The third-order valence-corrected chi connectivity index (χ3v) is 10.2. The lowest BCUT2D eigenvalue weighted by Gasteiger charge is -2.13. The summed E-state index contributed by atoms with van der Waals surface area (Å²) < 4.78 is 47.0. The molecule has 0 saturated carbocycles. The Morgan fingerprint density at radius 3 is 1.83 bits per heavy atom. The number of hydrogen-bond acceptors (Lipinski definition) is 2. The summed E-state index contributed by atoms with van der Waals surface area (Å²) in [5.74, 6) is 0.343. The zero-order chi connectivity index (χ0) is 38.5. The summed E-state index contributed by atoms with van der Waals surface area (Å²) in [4.78, 5) is 10.1. The number of nitrogens with zero attached hydrogens (tertiary/aromatic N) is 4. The van der Waals surface area contributed by atoms with Crippen molar-refractivity contribution >= 4 is 65.3 Å². The van der Waals surface area contributed by atoms with Crippen molar-refractivity contribution < 1.29 is 6.85 Å². The Balaban J connectivity index is 1.18. The van der Waals surface area contributed by atoms with E-state index in [9.17, 15) is 0 Å². The Kier molecular flexibility index (Phi) is 5.22. The van der Waals surface area contributed by atoms with Crippen LogP contribution in [0.2, 0.25) is 0 Å². The zero-order valence-corrected chi connectivity index (χ0v) is 27.7. The van der Waals surface area contributed by atoms with E-state index in [4.69, 9.17) is 16.8 Å². The molecule has 0 spiro atoms. The van der Waals surface area contributed by atoms with Crippen molar-refractivity contribution in [1.29, 1.82) is 0 Å². The highest BCUT2D eigenvalue weighted by Gasteiger charge is 2.20. The lowest BCUT2D eigenvalue weighted by atomic mass is 9.94. The smallest absolute Gasteiger partial charge is 0.235 e. The monoisotopic (exact) mass is 667 g/mol. The van der Waals surface area contributed by atoms with Crippen molar-refractivity contribution in [2.45, 2.75) is 0 Å². The molecule has 4 nitrogen and oxygen atoms in total. The Morgan fingerprint density at radius 2 is 1.04 bits per heavy atom. The molecule has 0 saturated heterocycles. The Hall–Kier alpha value is -7.04. The molecule has 0 N–H and O–H groups in total. The molecule has 0 bridgehead atoms. The molecule has 0 aliphatic carbocycles. The van der Waals surface area contributed by atoms with Crippen LogP contribution in [0, 0.1) is 0 Å². The lowest BCUT2D eigenvalue weighted by Crippen LogP contribution is -2.03. The number of para-hydroxylation sites is 4. The van der Waals surface area contributed by atoms with Gasteiger partial charge in [-0.3, -0.25) is 4.57 Å². The normalized spacial score (nSPS) is 13.2. The van der Waals surface area contributed by atoms with E-state index < -0.39 is 18.1 Å².